The van der Waals surface area contributed by atoms with Crippen molar-refractivity contribution in [3.05, 3.63) is 68.7 Å². The molecule has 0 aromatic heterocycles. The van der Waals surface area contributed by atoms with Crippen LogP contribution in [0, 0.1) is 5.92 Å². The maximum atomic E-state index is 13.1. The summed E-state index contributed by atoms with van der Waals surface area (Å²) < 4.78 is 27.5. The first-order valence-electron chi connectivity index (χ1n) is 11.1. The summed E-state index contributed by atoms with van der Waals surface area (Å²) in [5.41, 5.74) is 4.26. The monoisotopic (exact) mass is 494 g/mol. The highest BCUT2D eigenvalue weighted by Gasteiger charge is 2.33. The lowest BCUT2D eigenvalue weighted by atomic mass is 9.97. The summed E-state index contributed by atoms with van der Waals surface area (Å²) in [6.07, 6.45) is 4.71. The van der Waals surface area contributed by atoms with Gasteiger partial charge in [0.2, 0.25) is 15.9 Å². The van der Waals surface area contributed by atoms with Gasteiger partial charge in [0.25, 0.3) is 0 Å². The van der Waals surface area contributed by atoms with Crippen molar-refractivity contribution in [3.63, 3.8) is 0 Å². The lowest BCUT2D eigenvalue weighted by molar-refractivity contribution is -0.126. The Balaban J connectivity index is 1.41. The molecule has 5 nitrogen and oxygen atoms in total. The number of sulfonamides is 1. The summed E-state index contributed by atoms with van der Waals surface area (Å²) in [5, 5.41) is 3.75. The molecule has 1 fully saturated rings. The van der Waals surface area contributed by atoms with Gasteiger partial charge in [0.15, 0.2) is 0 Å². The highest BCUT2D eigenvalue weighted by molar-refractivity contribution is 7.88. The van der Waals surface area contributed by atoms with Gasteiger partial charge in [-0.3, -0.25) is 4.79 Å². The van der Waals surface area contributed by atoms with Crippen molar-refractivity contribution in [2.75, 3.05) is 13.1 Å². The van der Waals surface area contributed by atoms with Gasteiger partial charge in [-0.15, -0.1) is 0 Å². The maximum absolute atomic E-state index is 13.1. The lowest BCUT2D eigenvalue weighted by Crippen LogP contribution is -2.46. The maximum Gasteiger partial charge on any atom is 0.224 e. The average molecular weight is 495 g/mol. The third kappa shape index (κ3) is 5.14. The number of rotatable bonds is 6. The zero-order valence-corrected chi connectivity index (χ0v) is 20.4. The molecule has 2 aliphatic rings. The molecule has 1 N–H and O–H groups in total. The second-order valence-electron chi connectivity index (χ2n) is 8.77. The molecule has 4 rings (SSSR count). The largest absolute Gasteiger partial charge is 0.349 e. The van der Waals surface area contributed by atoms with E-state index in [-0.39, 0.29) is 30.2 Å². The van der Waals surface area contributed by atoms with E-state index in [9.17, 15) is 13.2 Å². The number of amides is 1. The Bertz CT molecular complexity index is 1100. The number of fused-ring (bicyclic) bond motifs is 1. The van der Waals surface area contributed by atoms with Crippen molar-refractivity contribution >= 4 is 39.1 Å². The van der Waals surface area contributed by atoms with Crippen molar-refractivity contribution in [1.29, 1.82) is 0 Å². The van der Waals surface area contributed by atoms with Crippen molar-refractivity contribution < 1.29 is 13.2 Å². The van der Waals surface area contributed by atoms with Gasteiger partial charge in [0.05, 0.1) is 17.7 Å². The molecule has 0 bridgehead atoms. The summed E-state index contributed by atoms with van der Waals surface area (Å²) in [7, 11) is -3.65. The van der Waals surface area contributed by atoms with Crippen LogP contribution >= 0.6 is 23.2 Å². The van der Waals surface area contributed by atoms with E-state index in [1.807, 2.05) is 6.92 Å². The predicted octanol–water partition coefficient (Wildman–Crippen LogP) is 4.90. The summed E-state index contributed by atoms with van der Waals surface area (Å²) in [6, 6.07) is 11.3. The molecule has 32 heavy (non-hydrogen) atoms. The van der Waals surface area contributed by atoms with Gasteiger partial charge in [0, 0.05) is 28.7 Å². The van der Waals surface area contributed by atoms with Crippen molar-refractivity contribution in [1.82, 2.24) is 9.62 Å². The second-order valence-corrected chi connectivity index (χ2v) is 11.5. The number of aryl methyl sites for hydroxylation is 2. The van der Waals surface area contributed by atoms with Crippen LogP contribution in [0.3, 0.4) is 0 Å². The predicted molar refractivity (Wildman–Crippen MR) is 128 cm³/mol. The van der Waals surface area contributed by atoms with Crippen LogP contribution in [0.15, 0.2) is 36.4 Å². The van der Waals surface area contributed by atoms with Crippen LogP contribution in [0.2, 0.25) is 10.0 Å². The van der Waals surface area contributed by atoms with Crippen LogP contribution in [0.25, 0.3) is 0 Å². The van der Waals surface area contributed by atoms with Gasteiger partial charge >= 0.3 is 0 Å². The Morgan fingerprint density at radius 2 is 1.84 bits per heavy atom. The third-order valence-electron chi connectivity index (χ3n) is 6.52. The molecule has 1 amide bonds. The SMILES string of the molecule is C[C@H](NC(=O)[C@H]1CCCN(S(=O)(=O)Cc2c(Cl)cccc2Cl)C1)c1ccc2c(c1)CCC2. The Kier molecular flexibility index (Phi) is 7.15. The minimum atomic E-state index is -3.65. The summed E-state index contributed by atoms with van der Waals surface area (Å²) >= 11 is 12.3. The van der Waals surface area contributed by atoms with Crippen molar-refractivity contribution in [2.24, 2.45) is 5.92 Å². The second kappa shape index (κ2) is 9.72. The van der Waals surface area contributed by atoms with E-state index in [0.29, 0.717) is 35.0 Å². The van der Waals surface area contributed by atoms with E-state index in [4.69, 9.17) is 23.2 Å². The number of halogens is 2. The molecule has 0 unspecified atom stereocenters. The molecule has 2 aromatic carbocycles. The topological polar surface area (TPSA) is 66.5 Å². The fraction of sp³-hybridized carbons (Fsp3) is 0.458. The van der Waals surface area contributed by atoms with Gasteiger partial charge < -0.3 is 5.32 Å². The number of nitrogens with zero attached hydrogens (tertiary/aromatic N) is 1. The molecule has 0 saturated carbocycles. The Morgan fingerprint density at radius 3 is 2.59 bits per heavy atom. The first-order chi connectivity index (χ1) is 15.2. The molecular weight excluding hydrogens is 467 g/mol. The molecule has 1 heterocycles. The number of nitrogens with one attached hydrogen (secondary N) is 1. The van der Waals surface area contributed by atoms with Crippen LogP contribution in [0.4, 0.5) is 0 Å². The molecule has 2 atom stereocenters. The number of hydrogen-bond donors (Lipinski definition) is 1. The van der Waals surface area contributed by atoms with Crippen molar-refractivity contribution in [3.8, 4) is 0 Å². The third-order valence-corrected chi connectivity index (χ3v) is 9.00. The summed E-state index contributed by atoms with van der Waals surface area (Å²) in [4.78, 5) is 13.0. The Hall–Kier alpha value is -1.60. The minimum absolute atomic E-state index is 0.103. The number of carbonyl (C=O) groups is 1. The quantitative estimate of drug-likeness (QED) is 0.620. The van der Waals surface area contributed by atoms with E-state index >= 15 is 0 Å². The molecule has 0 radical (unpaired) electrons. The molecule has 1 aliphatic carbocycles. The number of hydrogen-bond acceptors (Lipinski definition) is 3. The average Bonchev–Trinajstić information content (AvgIpc) is 3.24. The van der Waals surface area contributed by atoms with E-state index in [1.54, 1.807) is 18.2 Å². The van der Waals surface area contributed by atoms with E-state index < -0.39 is 10.0 Å². The fourth-order valence-electron chi connectivity index (χ4n) is 4.63. The standard InChI is InChI=1S/C24H28Cl2N2O3S/c1-16(18-11-10-17-5-2-6-19(17)13-18)27-24(29)20-7-4-12-28(14-20)32(30,31)15-21-22(25)8-3-9-23(21)26/h3,8-11,13,16,20H,2,4-7,12,14-15H2,1H3,(H,27,29)/t16-,20-/m0/s1. The van der Waals surface area contributed by atoms with Gasteiger partial charge in [-0.25, -0.2) is 12.7 Å². The van der Waals surface area contributed by atoms with Crippen LogP contribution < -0.4 is 5.32 Å². The first kappa shape index (κ1) is 23.6. The molecule has 172 valence electrons. The number of benzene rings is 2. The minimum Gasteiger partial charge on any atom is -0.349 e. The fourth-order valence-corrected chi connectivity index (χ4v) is 6.99. The molecular formula is C24H28Cl2N2O3S. The van der Waals surface area contributed by atoms with E-state index in [0.717, 1.165) is 18.4 Å². The van der Waals surface area contributed by atoms with Gasteiger partial charge in [-0.05, 0) is 67.9 Å². The zero-order valence-electron chi connectivity index (χ0n) is 18.1. The molecule has 2 aromatic rings. The Morgan fingerprint density at radius 1 is 1.12 bits per heavy atom. The molecule has 1 saturated heterocycles. The number of carbonyl (C=O) groups excluding carboxylic acids is 1. The molecule has 1 aliphatic heterocycles. The highest BCUT2D eigenvalue weighted by atomic mass is 35.5. The van der Waals surface area contributed by atoms with E-state index in [2.05, 4.69) is 23.5 Å². The van der Waals surface area contributed by atoms with Crippen LogP contribution in [-0.4, -0.2) is 31.7 Å². The summed E-state index contributed by atoms with van der Waals surface area (Å²) in [5.74, 6) is -0.753. The smallest absolute Gasteiger partial charge is 0.224 e. The van der Waals surface area contributed by atoms with Crippen LogP contribution in [-0.2, 0) is 33.4 Å². The normalized spacial score (nSPS) is 20.0. The summed E-state index contributed by atoms with van der Waals surface area (Å²) in [6.45, 7) is 2.55. The van der Waals surface area contributed by atoms with Gasteiger partial charge in [-0.2, -0.15) is 0 Å². The van der Waals surface area contributed by atoms with Gasteiger partial charge in [0.1, 0.15) is 0 Å². The molecule has 8 heteroatoms. The van der Waals surface area contributed by atoms with Crippen molar-refractivity contribution in [2.45, 2.75) is 50.8 Å². The molecule has 0 spiro atoms. The van der Waals surface area contributed by atoms with Crippen LogP contribution in [0.5, 0.6) is 0 Å². The first-order valence-corrected chi connectivity index (χ1v) is 13.4. The van der Waals surface area contributed by atoms with Crippen LogP contribution in [0.1, 0.15) is 54.5 Å². The number of piperidine rings is 1. The Labute approximate surface area is 200 Å². The van der Waals surface area contributed by atoms with E-state index in [1.165, 1.54) is 21.9 Å². The zero-order chi connectivity index (χ0) is 22.9. The highest BCUT2D eigenvalue weighted by Crippen LogP contribution is 2.30. The lowest BCUT2D eigenvalue weighted by Gasteiger charge is -2.32. The van der Waals surface area contributed by atoms with Gasteiger partial charge in [-0.1, -0.05) is 47.5 Å².